The zero-order valence-electron chi connectivity index (χ0n) is 16.7. The molecule has 7 nitrogen and oxygen atoms in total. The predicted octanol–water partition coefficient (Wildman–Crippen LogP) is 3.93. The first-order valence-corrected chi connectivity index (χ1v) is 10.1. The summed E-state index contributed by atoms with van der Waals surface area (Å²) in [6.45, 7) is 4.48. The van der Waals surface area contributed by atoms with E-state index in [9.17, 15) is 0 Å². The van der Waals surface area contributed by atoms with E-state index in [2.05, 4.69) is 11.6 Å². The van der Waals surface area contributed by atoms with Crippen LogP contribution < -0.4 is 23.7 Å². The van der Waals surface area contributed by atoms with Crippen molar-refractivity contribution in [1.29, 1.82) is 0 Å². The molecule has 2 aromatic carbocycles. The second-order valence-corrected chi connectivity index (χ2v) is 7.10. The van der Waals surface area contributed by atoms with Crippen molar-refractivity contribution < 1.29 is 18.9 Å². The lowest BCUT2D eigenvalue weighted by atomic mass is 10.1. The second kappa shape index (κ2) is 8.87. The SMILES string of the molecule is C=CCN=c1scc(-c2cc(OC)ccc2OC)n1N=Cc1ccc2c(c1)OCO2. The van der Waals surface area contributed by atoms with Crippen LogP contribution in [0.5, 0.6) is 23.0 Å². The van der Waals surface area contributed by atoms with Crippen molar-refractivity contribution in [2.45, 2.75) is 0 Å². The molecule has 1 aliphatic heterocycles. The number of hydrogen-bond acceptors (Lipinski definition) is 7. The van der Waals surface area contributed by atoms with Crippen LogP contribution in [-0.2, 0) is 0 Å². The van der Waals surface area contributed by atoms with E-state index >= 15 is 0 Å². The van der Waals surface area contributed by atoms with Gasteiger partial charge in [0.1, 0.15) is 11.5 Å². The first kappa shape index (κ1) is 19.8. The molecule has 0 saturated heterocycles. The Kier molecular flexibility index (Phi) is 5.85. The summed E-state index contributed by atoms with van der Waals surface area (Å²) in [5.41, 5.74) is 2.59. The Morgan fingerprint density at radius 3 is 2.80 bits per heavy atom. The fourth-order valence-corrected chi connectivity index (χ4v) is 3.82. The van der Waals surface area contributed by atoms with Gasteiger partial charge in [0, 0.05) is 10.9 Å². The molecule has 0 fully saturated rings. The Morgan fingerprint density at radius 1 is 1.13 bits per heavy atom. The average Bonchev–Trinajstić information content (AvgIpc) is 3.41. The number of rotatable bonds is 7. The van der Waals surface area contributed by atoms with Crippen LogP contribution in [0.15, 0.2) is 64.5 Å². The van der Waals surface area contributed by atoms with E-state index in [0.717, 1.165) is 38.9 Å². The number of benzene rings is 2. The summed E-state index contributed by atoms with van der Waals surface area (Å²) >= 11 is 1.49. The lowest BCUT2D eigenvalue weighted by Gasteiger charge is -2.11. The highest BCUT2D eigenvalue weighted by molar-refractivity contribution is 7.07. The summed E-state index contributed by atoms with van der Waals surface area (Å²) in [4.78, 5) is 5.31. The number of ether oxygens (including phenoxy) is 4. The van der Waals surface area contributed by atoms with Crippen LogP contribution in [0.1, 0.15) is 5.56 Å². The number of hydrogen-bond donors (Lipinski definition) is 0. The maximum atomic E-state index is 5.56. The topological polar surface area (TPSA) is 66.6 Å². The van der Waals surface area contributed by atoms with Crippen LogP contribution in [0.4, 0.5) is 0 Å². The Hall–Kier alpha value is -3.52. The van der Waals surface area contributed by atoms with Crippen LogP contribution in [0.2, 0.25) is 0 Å². The van der Waals surface area contributed by atoms with Gasteiger partial charge in [-0.15, -0.1) is 17.9 Å². The maximum absolute atomic E-state index is 5.56. The third-order valence-electron chi connectivity index (χ3n) is 4.44. The van der Waals surface area contributed by atoms with Gasteiger partial charge >= 0.3 is 0 Å². The van der Waals surface area contributed by atoms with E-state index < -0.39 is 0 Å². The third-order valence-corrected chi connectivity index (χ3v) is 5.30. The lowest BCUT2D eigenvalue weighted by molar-refractivity contribution is 0.174. The van der Waals surface area contributed by atoms with Gasteiger partial charge in [-0.3, -0.25) is 4.99 Å². The van der Waals surface area contributed by atoms with Gasteiger partial charge in [-0.05, 0) is 42.0 Å². The molecule has 2 heterocycles. The van der Waals surface area contributed by atoms with Crippen molar-refractivity contribution in [1.82, 2.24) is 4.68 Å². The fourth-order valence-electron chi connectivity index (χ4n) is 2.98. The second-order valence-electron chi connectivity index (χ2n) is 6.27. The van der Waals surface area contributed by atoms with Crippen molar-refractivity contribution >= 4 is 17.6 Å². The third kappa shape index (κ3) is 3.95. The summed E-state index contributed by atoms with van der Waals surface area (Å²) in [5, 5.41) is 6.70. The zero-order valence-corrected chi connectivity index (χ0v) is 17.5. The van der Waals surface area contributed by atoms with Crippen LogP contribution >= 0.6 is 11.3 Å². The number of fused-ring (bicyclic) bond motifs is 1. The predicted molar refractivity (Wildman–Crippen MR) is 117 cm³/mol. The fraction of sp³-hybridized carbons (Fsp3) is 0.182. The number of methoxy groups -OCH3 is 2. The molecule has 0 spiro atoms. The van der Waals surface area contributed by atoms with Crippen LogP contribution in [0.3, 0.4) is 0 Å². The van der Waals surface area contributed by atoms with E-state index in [4.69, 9.17) is 24.0 Å². The Balaban J connectivity index is 1.80. The molecule has 0 saturated carbocycles. The first-order valence-electron chi connectivity index (χ1n) is 9.22. The molecule has 0 N–H and O–H groups in total. The van der Waals surface area contributed by atoms with Gasteiger partial charge in [-0.1, -0.05) is 6.08 Å². The van der Waals surface area contributed by atoms with Gasteiger partial charge in [0.2, 0.25) is 11.6 Å². The van der Waals surface area contributed by atoms with Crippen LogP contribution in [0.25, 0.3) is 11.3 Å². The Bertz CT molecular complexity index is 1160. The summed E-state index contributed by atoms with van der Waals surface area (Å²) in [6, 6.07) is 11.3. The smallest absolute Gasteiger partial charge is 0.231 e. The molecule has 0 aliphatic carbocycles. The minimum Gasteiger partial charge on any atom is -0.497 e. The summed E-state index contributed by atoms with van der Waals surface area (Å²) in [6.07, 6.45) is 3.51. The van der Waals surface area contributed by atoms with E-state index in [1.54, 1.807) is 31.2 Å². The van der Waals surface area contributed by atoms with Crippen molar-refractivity contribution in [3.8, 4) is 34.3 Å². The number of nitrogens with zero attached hydrogens (tertiary/aromatic N) is 3. The van der Waals surface area contributed by atoms with Gasteiger partial charge in [0.15, 0.2) is 11.5 Å². The molecule has 0 radical (unpaired) electrons. The summed E-state index contributed by atoms with van der Waals surface area (Å²) in [5.74, 6) is 2.89. The highest BCUT2D eigenvalue weighted by Gasteiger charge is 2.15. The van der Waals surface area contributed by atoms with Crippen molar-refractivity contribution in [2.24, 2.45) is 10.1 Å². The van der Waals surface area contributed by atoms with E-state index in [-0.39, 0.29) is 6.79 Å². The van der Waals surface area contributed by atoms with Crippen molar-refractivity contribution in [2.75, 3.05) is 27.6 Å². The van der Waals surface area contributed by atoms with Crippen molar-refractivity contribution in [3.05, 3.63) is 64.8 Å². The number of thiazole rings is 1. The normalized spacial score (nSPS) is 13.1. The van der Waals surface area contributed by atoms with E-state index in [0.29, 0.717) is 12.3 Å². The van der Waals surface area contributed by atoms with Gasteiger partial charge < -0.3 is 18.9 Å². The van der Waals surface area contributed by atoms with Gasteiger partial charge in [0.25, 0.3) is 0 Å². The molecule has 154 valence electrons. The average molecular weight is 423 g/mol. The molecule has 1 aliphatic rings. The molecule has 0 atom stereocenters. The summed E-state index contributed by atoms with van der Waals surface area (Å²) in [7, 11) is 3.27. The van der Waals surface area contributed by atoms with Crippen LogP contribution in [-0.4, -0.2) is 38.4 Å². The van der Waals surface area contributed by atoms with Gasteiger partial charge in [-0.2, -0.15) is 5.10 Å². The molecule has 8 heteroatoms. The summed E-state index contributed by atoms with van der Waals surface area (Å²) < 4.78 is 23.6. The molecule has 30 heavy (non-hydrogen) atoms. The molecule has 4 rings (SSSR count). The standard InChI is InChI=1S/C22H21N3O4S/c1-4-9-23-22-25(24-12-15-5-7-20-21(10-15)29-14-28-20)18(13-30-22)17-11-16(26-2)6-8-19(17)27-3/h4-8,10-13H,1,9,14H2,2-3H3. The molecule has 3 aromatic rings. The first-order chi connectivity index (χ1) is 14.7. The lowest BCUT2D eigenvalue weighted by Crippen LogP contribution is -2.12. The minimum atomic E-state index is 0.236. The van der Waals surface area contributed by atoms with E-state index in [1.807, 2.05) is 41.8 Å². The zero-order chi connectivity index (χ0) is 20.9. The Labute approximate surface area is 178 Å². The van der Waals surface area contributed by atoms with Crippen molar-refractivity contribution in [3.63, 3.8) is 0 Å². The highest BCUT2D eigenvalue weighted by Crippen LogP contribution is 2.34. The minimum absolute atomic E-state index is 0.236. The highest BCUT2D eigenvalue weighted by atomic mass is 32.1. The van der Waals surface area contributed by atoms with Gasteiger partial charge in [0.05, 0.1) is 32.7 Å². The molecule has 0 bridgehead atoms. The van der Waals surface area contributed by atoms with Gasteiger partial charge in [-0.25, -0.2) is 4.68 Å². The largest absolute Gasteiger partial charge is 0.497 e. The maximum Gasteiger partial charge on any atom is 0.231 e. The molecule has 0 unspecified atom stereocenters. The monoisotopic (exact) mass is 423 g/mol. The molecular formula is C22H21N3O4S. The number of aromatic nitrogens is 1. The van der Waals surface area contributed by atoms with E-state index in [1.165, 1.54) is 11.3 Å². The molecule has 0 amide bonds. The molecular weight excluding hydrogens is 402 g/mol. The van der Waals surface area contributed by atoms with Crippen LogP contribution in [0, 0.1) is 0 Å². The molecule has 1 aromatic heterocycles. The Morgan fingerprint density at radius 2 is 2.00 bits per heavy atom. The quantitative estimate of drug-likeness (QED) is 0.427.